The van der Waals surface area contributed by atoms with Crippen LogP contribution in [0.4, 0.5) is 5.69 Å². The van der Waals surface area contributed by atoms with Gasteiger partial charge >= 0.3 is 0 Å². The van der Waals surface area contributed by atoms with Crippen LogP contribution >= 0.6 is 15.9 Å². The Morgan fingerprint density at radius 1 is 1.00 bits per heavy atom. The van der Waals surface area contributed by atoms with Crippen molar-refractivity contribution < 1.29 is 19.1 Å². The van der Waals surface area contributed by atoms with Crippen LogP contribution in [0.5, 0.6) is 11.5 Å². The molecule has 3 aromatic rings. The van der Waals surface area contributed by atoms with Crippen molar-refractivity contribution in [3.8, 4) is 11.5 Å². The number of carbonyl (C=O) groups is 2. The largest absolute Gasteiger partial charge is 0.490 e. The molecule has 0 fully saturated rings. The van der Waals surface area contributed by atoms with Crippen LogP contribution in [-0.2, 0) is 4.79 Å². The Bertz CT molecular complexity index is 1190. The third-order valence-electron chi connectivity index (χ3n) is 4.99. The molecule has 0 saturated heterocycles. The van der Waals surface area contributed by atoms with E-state index in [1.807, 2.05) is 39.0 Å². The zero-order valence-electron chi connectivity index (χ0n) is 19.2. The maximum Gasteiger partial charge on any atom is 0.271 e. The predicted octanol–water partition coefficient (Wildman–Crippen LogP) is 5.25. The van der Waals surface area contributed by atoms with Gasteiger partial charge in [0.2, 0.25) is 0 Å². The van der Waals surface area contributed by atoms with Gasteiger partial charge in [0.15, 0.2) is 18.1 Å². The van der Waals surface area contributed by atoms with Crippen molar-refractivity contribution in [2.75, 3.05) is 18.5 Å². The minimum Gasteiger partial charge on any atom is -0.490 e. The Kier molecular flexibility index (Phi) is 8.81. The molecule has 0 bridgehead atoms. The lowest BCUT2D eigenvalue weighted by Gasteiger charge is -2.14. The van der Waals surface area contributed by atoms with E-state index in [0.717, 1.165) is 21.3 Å². The molecule has 3 aromatic carbocycles. The monoisotopic (exact) mass is 523 g/mol. The second kappa shape index (κ2) is 12.0. The van der Waals surface area contributed by atoms with Gasteiger partial charge in [-0.2, -0.15) is 5.10 Å². The number of aryl methyl sites for hydroxylation is 1. The van der Waals surface area contributed by atoms with Crippen molar-refractivity contribution in [2.45, 2.75) is 20.8 Å². The number of benzene rings is 3. The molecule has 176 valence electrons. The molecular formula is C26H26BrN3O4. The summed E-state index contributed by atoms with van der Waals surface area (Å²) in [4.78, 5) is 24.6. The lowest BCUT2D eigenvalue weighted by molar-refractivity contribution is -0.118. The van der Waals surface area contributed by atoms with E-state index in [2.05, 4.69) is 31.8 Å². The van der Waals surface area contributed by atoms with E-state index >= 15 is 0 Å². The number of nitrogens with zero attached hydrogens (tertiary/aromatic N) is 1. The fourth-order valence-corrected chi connectivity index (χ4v) is 3.30. The average molecular weight is 524 g/mol. The first-order chi connectivity index (χ1) is 16.4. The van der Waals surface area contributed by atoms with E-state index in [0.29, 0.717) is 29.2 Å². The Labute approximate surface area is 207 Å². The third-order valence-corrected chi connectivity index (χ3v) is 5.52. The highest BCUT2D eigenvalue weighted by atomic mass is 79.9. The number of hydrogen-bond acceptors (Lipinski definition) is 5. The normalized spacial score (nSPS) is 10.7. The van der Waals surface area contributed by atoms with Gasteiger partial charge in [-0.3, -0.25) is 9.59 Å². The molecule has 0 aliphatic carbocycles. The summed E-state index contributed by atoms with van der Waals surface area (Å²) in [5, 5.41) is 6.88. The Morgan fingerprint density at radius 2 is 1.76 bits per heavy atom. The van der Waals surface area contributed by atoms with Gasteiger partial charge < -0.3 is 14.8 Å². The third kappa shape index (κ3) is 6.92. The molecule has 0 atom stereocenters. The number of carbonyl (C=O) groups excluding carboxylic acids is 2. The fourth-order valence-electron chi connectivity index (χ4n) is 3.04. The summed E-state index contributed by atoms with van der Waals surface area (Å²) in [6, 6.07) is 17.9. The summed E-state index contributed by atoms with van der Waals surface area (Å²) in [6.45, 7) is 6.07. The molecule has 0 radical (unpaired) electrons. The topological polar surface area (TPSA) is 89.0 Å². The molecule has 34 heavy (non-hydrogen) atoms. The van der Waals surface area contributed by atoms with Crippen LogP contribution in [0.15, 0.2) is 70.2 Å². The second-order valence-electron chi connectivity index (χ2n) is 7.43. The first kappa shape index (κ1) is 25.0. The molecular weight excluding hydrogens is 498 g/mol. The summed E-state index contributed by atoms with van der Waals surface area (Å²) in [5.74, 6) is 0.334. The number of hydrogen-bond donors (Lipinski definition) is 2. The maximum atomic E-state index is 12.4. The van der Waals surface area contributed by atoms with Gasteiger partial charge in [-0.15, -0.1) is 0 Å². The molecule has 0 saturated carbocycles. The quantitative estimate of drug-likeness (QED) is 0.296. The first-order valence-corrected chi connectivity index (χ1v) is 11.5. The molecule has 0 spiro atoms. The molecule has 2 amide bonds. The van der Waals surface area contributed by atoms with E-state index in [-0.39, 0.29) is 18.4 Å². The highest BCUT2D eigenvalue weighted by Gasteiger charge is 2.11. The molecule has 0 aliphatic rings. The second-order valence-corrected chi connectivity index (χ2v) is 8.35. The lowest BCUT2D eigenvalue weighted by atomic mass is 10.1. The van der Waals surface area contributed by atoms with Gasteiger partial charge in [-0.1, -0.05) is 28.1 Å². The summed E-state index contributed by atoms with van der Waals surface area (Å²) < 4.78 is 12.3. The van der Waals surface area contributed by atoms with Crippen LogP contribution in [0.3, 0.4) is 0 Å². The predicted molar refractivity (Wildman–Crippen MR) is 137 cm³/mol. The zero-order valence-corrected chi connectivity index (χ0v) is 20.8. The molecule has 7 nitrogen and oxygen atoms in total. The number of rotatable bonds is 9. The standard InChI is InChI=1S/C26H26BrN3O4/c1-4-33-24-14-19(15-28-30-26(32)20-9-11-21(27)12-10-20)8-13-23(24)34-16-25(31)29-22-7-5-6-17(2)18(22)3/h5-15H,4,16H2,1-3H3,(H,29,31)(H,30,32)/b28-15+. The number of hydrazone groups is 1. The number of ether oxygens (including phenoxy) is 2. The molecule has 0 heterocycles. The van der Waals surface area contributed by atoms with Gasteiger partial charge in [-0.05, 0) is 86.0 Å². The summed E-state index contributed by atoms with van der Waals surface area (Å²) in [7, 11) is 0. The van der Waals surface area contributed by atoms with Gasteiger partial charge in [0.05, 0.1) is 12.8 Å². The van der Waals surface area contributed by atoms with Crippen LogP contribution in [-0.4, -0.2) is 31.2 Å². The first-order valence-electron chi connectivity index (χ1n) is 10.7. The Balaban J connectivity index is 1.61. The number of halogens is 1. The molecule has 3 rings (SSSR count). The van der Waals surface area contributed by atoms with Crippen molar-refractivity contribution in [1.29, 1.82) is 0 Å². The minimum absolute atomic E-state index is 0.163. The smallest absolute Gasteiger partial charge is 0.271 e. The van der Waals surface area contributed by atoms with E-state index in [4.69, 9.17) is 9.47 Å². The van der Waals surface area contributed by atoms with Crippen molar-refractivity contribution in [1.82, 2.24) is 5.43 Å². The van der Waals surface area contributed by atoms with Gasteiger partial charge in [0.25, 0.3) is 11.8 Å². The van der Waals surface area contributed by atoms with E-state index in [1.54, 1.807) is 42.5 Å². The Hall–Kier alpha value is -3.65. The number of amides is 2. The van der Waals surface area contributed by atoms with Crippen molar-refractivity contribution in [3.63, 3.8) is 0 Å². The van der Waals surface area contributed by atoms with E-state index in [1.165, 1.54) is 6.21 Å². The zero-order chi connectivity index (χ0) is 24.5. The van der Waals surface area contributed by atoms with Crippen molar-refractivity contribution >= 4 is 39.6 Å². The minimum atomic E-state index is -0.316. The van der Waals surface area contributed by atoms with Crippen LogP contribution in [0.2, 0.25) is 0 Å². The molecule has 8 heteroatoms. The molecule has 2 N–H and O–H groups in total. The van der Waals surface area contributed by atoms with Crippen molar-refractivity contribution in [2.24, 2.45) is 5.10 Å². The van der Waals surface area contributed by atoms with Gasteiger partial charge in [0.1, 0.15) is 0 Å². The number of nitrogens with one attached hydrogen (secondary N) is 2. The number of anilines is 1. The SMILES string of the molecule is CCOc1cc(/C=N/NC(=O)c2ccc(Br)cc2)ccc1OCC(=O)Nc1cccc(C)c1C. The highest BCUT2D eigenvalue weighted by Crippen LogP contribution is 2.28. The molecule has 0 aliphatic heterocycles. The summed E-state index contributed by atoms with van der Waals surface area (Å²) in [6.07, 6.45) is 1.51. The molecule has 0 unspecified atom stereocenters. The van der Waals surface area contributed by atoms with Crippen LogP contribution in [0, 0.1) is 13.8 Å². The van der Waals surface area contributed by atoms with Gasteiger partial charge in [0, 0.05) is 15.7 Å². The molecule has 0 aromatic heterocycles. The van der Waals surface area contributed by atoms with Crippen LogP contribution in [0.25, 0.3) is 0 Å². The average Bonchev–Trinajstić information content (AvgIpc) is 2.82. The van der Waals surface area contributed by atoms with Crippen LogP contribution < -0.4 is 20.2 Å². The summed E-state index contributed by atoms with van der Waals surface area (Å²) >= 11 is 3.34. The van der Waals surface area contributed by atoms with Crippen molar-refractivity contribution in [3.05, 3.63) is 87.4 Å². The fraction of sp³-hybridized carbons (Fsp3) is 0.192. The van der Waals surface area contributed by atoms with E-state index in [9.17, 15) is 9.59 Å². The highest BCUT2D eigenvalue weighted by molar-refractivity contribution is 9.10. The van der Waals surface area contributed by atoms with E-state index < -0.39 is 0 Å². The lowest BCUT2D eigenvalue weighted by Crippen LogP contribution is -2.21. The van der Waals surface area contributed by atoms with Crippen LogP contribution in [0.1, 0.15) is 34.0 Å². The Morgan fingerprint density at radius 3 is 2.50 bits per heavy atom. The maximum absolute atomic E-state index is 12.4. The van der Waals surface area contributed by atoms with Gasteiger partial charge in [-0.25, -0.2) is 5.43 Å². The summed E-state index contributed by atoms with van der Waals surface area (Å²) in [5.41, 5.74) is 6.57.